The smallest absolute Gasteiger partial charge is 0.411 e. The van der Waals surface area contributed by atoms with Crippen LogP contribution in [0.2, 0.25) is 0 Å². The molecule has 1 aromatic rings. The molecule has 1 heterocycles. The molecule has 3 rings (SSSR count). The van der Waals surface area contributed by atoms with Gasteiger partial charge in [-0.2, -0.15) is 26.3 Å². The second kappa shape index (κ2) is 5.29. The third-order valence-electron chi connectivity index (χ3n) is 4.46. The van der Waals surface area contributed by atoms with Crippen molar-refractivity contribution < 1.29 is 31.1 Å². The molecule has 1 aliphatic carbocycles. The molecule has 130 valence electrons. The minimum atomic E-state index is -5.55. The topological polar surface area (TPSA) is 9.23 Å². The van der Waals surface area contributed by atoms with Crippen LogP contribution in [0.25, 0.3) is 0 Å². The molecule has 0 saturated heterocycles. The third-order valence-corrected chi connectivity index (χ3v) is 4.46. The number of allylic oxidation sites excluding steroid dienone is 3. The van der Waals surface area contributed by atoms with Crippen molar-refractivity contribution in [2.45, 2.75) is 37.5 Å². The Labute approximate surface area is 134 Å². The van der Waals surface area contributed by atoms with Crippen LogP contribution >= 0.6 is 0 Å². The summed E-state index contributed by atoms with van der Waals surface area (Å²) in [5.41, 5.74) is -5.85. The highest BCUT2D eigenvalue weighted by atomic mass is 19.4. The Kier molecular flexibility index (Phi) is 3.73. The fraction of sp³-hybridized carbons (Fsp3) is 0.412. The van der Waals surface area contributed by atoms with E-state index in [0.29, 0.717) is 6.42 Å². The van der Waals surface area contributed by atoms with Crippen LogP contribution in [0.3, 0.4) is 0 Å². The predicted octanol–water partition coefficient (Wildman–Crippen LogP) is 5.68. The van der Waals surface area contributed by atoms with E-state index in [1.165, 1.54) is 12.1 Å². The largest absolute Gasteiger partial charge is 0.457 e. The molecule has 0 aromatic heterocycles. The van der Waals surface area contributed by atoms with E-state index in [1.807, 2.05) is 0 Å². The van der Waals surface area contributed by atoms with Gasteiger partial charge in [-0.05, 0) is 30.9 Å². The van der Waals surface area contributed by atoms with E-state index in [-0.39, 0.29) is 18.1 Å². The molecule has 0 bridgehead atoms. The maximum absolute atomic E-state index is 13.9. The normalized spacial score (nSPS) is 23.2. The number of hydrogen-bond donors (Lipinski definition) is 0. The molecule has 1 unspecified atom stereocenters. The molecule has 0 spiro atoms. The molecular weight excluding hydrogens is 334 g/mol. The van der Waals surface area contributed by atoms with Gasteiger partial charge in [0.25, 0.3) is 0 Å². The van der Waals surface area contributed by atoms with Crippen LogP contribution in [0.1, 0.15) is 25.3 Å². The van der Waals surface area contributed by atoms with Gasteiger partial charge in [-0.1, -0.05) is 31.2 Å². The number of benzene rings is 1. The minimum Gasteiger partial charge on any atom is -0.457 e. The van der Waals surface area contributed by atoms with Gasteiger partial charge in [0.1, 0.15) is 11.5 Å². The van der Waals surface area contributed by atoms with Crippen LogP contribution in [0.15, 0.2) is 47.7 Å². The highest BCUT2D eigenvalue weighted by molar-refractivity contribution is 5.59. The summed E-state index contributed by atoms with van der Waals surface area (Å²) >= 11 is 0. The lowest BCUT2D eigenvalue weighted by molar-refractivity contribution is -0.291. The van der Waals surface area contributed by atoms with Gasteiger partial charge in [-0.15, -0.1) is 0 Å². The molecular formula is C17H14F6O. The summed E-state index contributed by atoms with van der Waals surface area (Å²) in [4.78, 5) is 0. The lowest BCUT2D eigenvalue weighted by Gasteiger charge is -2.43. The van der Waals surface area contributed by atoms with Crippen molar-refractivity contribution in [2.24, 2.45) is 5.92 Å². The third kappa shape index (κ3) is 2.24. The van der Waals surface area contributed by atoms with Crippen molar-refractivity contribution in [1.29, 1.82) is 0 Å². The van der Waals surface area contributed by atoms with Crippen LogP contribution in [0, 0.1) is 5.92 Å². The number of hydrogen-bond acceptors (Lipinski definition) is 1. The first-order valence-electron chi connectivity index (χ1n) is 7.41. The Hall–Kier alpha value is -1.92. The van der Waals surface area contributed by atoms with E-state index in [4.69, 9.17) is 4.74 Å². The maximum Gasteiger partial charge on any atom is 0.411 e. The number of para-hydroxylation sites is 1. The predicted molar refractivity (Wildman–Crippen MR) is 75.4 cm³/mol. The van der Waals surface area contributed by atoms with E-state index in [1.54, 1.807) is 6.92 Å². The Bertz CT molecular complexity index is 697. The average Bonchev–Trinajstić information content (AvgIpc) is 2.64. The SMILES string of the molecule is CC1CC=C2Oc3ccccc3C(C(F)(F)F)(C(F)(F)F)C2=CC1. The fourth-order valence-corrected chi connectivity index (χ4v) is 3.27. The summed E-state index contributed by atoms with van der Waals surface area (Å²) in [7, 11) is 0. The van der Waals surface area contributed by atoms with Crippen LogP contribution in [0.4, 0.5) is 26.3 Å². The molecule has 0 radical (unpaired) electrons. The van der Waals surface area contributed by atoms with Crippen molar-refractivity contribution in [1.82, 2.24) is 0 Å². The minimum absolute atomic E-state index is 0.0681. The Morgan fingerprint density at radius 2 is 1.54 bits per heavy atom. The van der Waals surface area contributed by atoms with Gasteiger partial charge in [0.2, 0.25) is 5.41 Å². The van der Waals surface area contributed by atoms with Crippen molar-refractivity contribution in [3.8, 4) is 5.75 Å². The van der Waals surface area contributed by atoms with Gasteiger partial charge in [0, 0.05) is 11.1 Å². The molecule has 1 atom stereocenters. The summed E-state index contributed by atoms with van der Waals surface area (Å²) in [6.45, 7) is 1.77. The van der Waals surface area contributed by atoms with Crippen molar-refractivity contribution in [2.75, 3.05) is 0 Å². The number of fused-ring (bicyclic) bond motifs is 2. The number of rotatable bonds is 0. The average molecular weight is 348 g/mol. The lowest BCUT2D eigenvalue weighted by Crippen LogP contribution is -2.57. The van der Waals surface area contributed by atoms with E-state index in [0.717, 1.165) is 24.3 Å². The molecule has 0 N–H and O–H groups in total. The van der Waals surface area contributed by atoms with Crippen LogP contribution in [-0.4, -0.2) is 12.4 Å². The first-order valence-corrected chi connectivity index (χ1v) is 7.41. The molecule has 1 aromatic carbocycles. The molecule has 0 fully saturated rings. The maximum atomic E-state index is 13.9. The van der Waals surface area contributed by atoms with E-state index in [9.17, 15) is 26.3 Å². The lowest BCUT2D eigenvalue weighted by atomic mass is 9.69. The summed E-state index contributed by atoms with van der Waals surface area (Å²) < 4.78 is 89.0. The monoisotopic (exact) mass is 348 g/mol. The van der Waals surface area contributed by atoms with Gasteiger partial charge in [-0.25, -0.2) is 0 Å². The van der Waals surface area contributed by atoms with Crippen molar-refractivity contribution in [3.63, 3.8) is 0 Å². The Morgan fingerprint density at radius 1 is 0.958 bits per heavy atom. The molecule has 0 amide bonds. The summed E-state index contributed by atoms with van der Waals surface area (Å²) in [6.07, 6.45) is -8.28. The first-order chi connectivity index (χ1) is 11.1. The van der Waals surface area contributed by atoms with Gasteiger partial charge in [-0.3, -0.25) is 0 Å². The van der Waals surface area contributed by atoms with Crippen LogP contribution in [-0.2, 0) is 5.41 Å². The number of halogens is 6. The van der Waals surface area contributed by atoms with Gasteiger partial charge >= 0.3 is 12.4 Å². The molecule has 0 saturated carbocycles. The standard InChI is InChI=1S/C17H14F6O/c1-10-6-8-12-14(9-7-10)24-13-5-3-2-4-11(13)15(12,16(18,19)20)17(21,22)23/h2-5,8-10H,6-7H2,1H3. The number of alkyl halides is 6. The Balaban J connectivity index is 2.42. The molecule has 24 heavy (non-hydrogen) atoms. The van der Waals surface area contributed by atoms with Gasteiger partial charge in [0.15, 0.2) is 0 Å². The number of ether oxygens (including phenoxy) is 1. The van der Waals surface area contributed by atoms with E-state index >= 15 is 0 Å². The summed E-state index contributed by atoms with van der Waals surface area (Å²) in [6, 6.07) is 4.48. The second-order valence-corrected chi connectivity index (χ2v) is 6.11. The van der Waals surface area contributed by atoms with Crippen molar-refractivity contribution >= 4 is 0 Å². The molecule has 1 aliphatic heterocycles. The molecule has 2 aliphatic rings. The van der Waals surface area contributed by atoms with E-state index in [2.05, 4.69) is 0 Å². The van der Waals surface area contributed by atoms with Crippen LogP contribution in [0.5, 0.6) is 5.75 Å². The second-order valence-electron chi connectivity index (χ2n) is 6.11. The zero-order valence-corrected chi connectivity index (χ0v) is 12.6. The zero-order chi connectivity index (χ0) is 17.8. The fourth-order valence-electron chi connectivity index (χ4n) is 3.27. The summed E-state index contributed by atoms with van der Waals surface area (Å²) in [5, 5.41) is 0. The van der Waals surface area contributed by atoms with Crippen LogP contribution < -0.4 is 4.74 Å². The highest BCUT2D eigenvalue weighted by Crippen LogP contribution is 2.62. The molecule has 1 nitrogen and oxygen atoms in total. The Morgan fingerprint density at radius 3 is 2.17 bits per heavy atom. The molecule has 7 heteroatoms. The first kappa shape index (κ1) is 16.9. The quantitative estimate of drug-likeness (QED) is 0.548. The van der Waals surface area contributed by atoms with Gasteiger partial charge in [0.05, 0.1) is 0 Å². The zero-order valence-electron chi connectivity index (χ0n) is 12.6. The summed E-state index contributed by atoms with van der Waals surface area (Å²) in [5.74, 6) is -0.834. The van der Waals surface area contributed by atoms with Crippen molar-refractivity contribution in [3.05, 3.63) is 53.3 Å². The van der Waals surface area contributed by atoms with Gasteiger partial charge < -0.3 is 4.74 Å². The highest BCUT2D eigenvalue weighted by Gasteiger charge is 2.76. The van der Waals surface area contributed by atoms with E-state index < -0.39 is 34.7 Å².